The van der Waals surface area contributed by atoms with E-state index in [2.05, 4.69) is 46.4 Å². The summed E-state index contributed by atoms with van der Waals surface area (Å²) in [6.45, 7) is 10.3. The summed E-state index contributed by atoms with van der Waals surface area (Å²) in [5, 5.41) is 6.59. The van der Waals surface area contributed by atoms with Gasteiger partial charge in [0.2, 0.25) is 0 Å². The van der Waals surface area contributed by atoms with Gasteiger partial charge in [-0.15, -0.1) is 0 Å². The Hall–Kier alpha value is -2.24. The molecule has 0 atom stereocenters. The molecule has 2 heterocycles. The molecule has 5 nitrogen and oxygen atoms in total. The molecule has 0 radical (unpaired) electrons. The Bertz CT molecular complexity index is 647. The molecule has 23 heavy (non-hydrogen) atoms. The minimum Gasteiger partial charge on any atom is -0.378 e. The van der Waals surface area contributed by atoms with Crippen LogP contribution in [0.2, 0.25) is 0 Å². The summed E-state index contributed by atoms with van der Waals surface area (Å²) < 4.78 is 13.2. The van der Waals surface area contributed by atoms with Gasteiger partial charge in [0.25, 0.3) is 0 Å². The summed E-state index contributed by atoms with van der Waals surface area (Å²) in [4.78, 5) is 12.7. The molecular formula is C17H24FN5. The lowest BCUT2D eigenvalue weighted by Crippen LogP contribution is -2.34. The molecular weight excluding hydrogens is 293 g/mol. The summed E-state index contributed by atoms with van der Waals surface area (Å²) in [7, 11) is 0. The van der Waals surface area contributed by atoms with Crippen LogP contribution in [0.25, 0.3) is 0 Å². The molecule has 0 aromatic carbocycles. The number of hydrogen-bond acceptors (Lipinski definition) is 5. The Labute approximate surface area is 136 Å². The van der Waals surface area contributed by atoms with Gasteiger partial charge in [0, 0.05) is 23.6 Å². The highest BCUT2D eigenvalue weighted by atomic mass is 19.1. The summed E-state index contributed by atoms with van der Waals surface area (Å²) >= 11 is 0. The second kappa shape index (κ2) is 6.48. The maximum absolute atomic E-state index is 13.2. The van der Waals surface area contributed by atoms with Gasteiger partial charge >= 0.3 is 0 Å². The third-order valence-electron chi connectivity index (χ3n) is 3.01. The van der Waals surface area contributed by atoms with E-state index in [1.807, 2.05) is 13.8 Å². The molecule has 2 aromatic heterocycles. The largest absolute Gasteiger partial charge is 0.378 e. The molecule has 0 aliphatic carbocycles. The van der Waals surface area contributed by atoms with Crippen LogP contribution >= 0.6 is 0 Å². The lowest BCUT2D eigenvalue weighted by Gasteiger charge is -2.27. The monoisotopic (exact) mass is 317 g/mol. The lowest BCUT2D eigenvalue weighted by atomic mass is 9.99. The van der Waals surface area contributed by atoms with Crippen molar-refractivity contribution in [3.05, 3.63) is 42.5 Å². The SMILES string of the molecule is CC(C)(C)Nc1cnc(CC(C)(C)Nc2cncc(F)c2)nc1. The zero-order chi connectivity index (χ0) is 17.1. The molecule has 124 valence electrons. The molecule has 0 aliphatic heterocycles. The van der Waals surface area contributed by atoms with Crippen molar-refractivity contribution in [2.24, 2.45) is 0 Å². The van der Waals surface area contributed by atoms with Crippen molar-refractivity contribution in [1.29, 1.82) is 0 Å². The first-order chi connectivity index (χ1) is 10.6. The summed E-state index contributed by atoms with van der Waals surface area (Å²) in [6.07, 6.45) is 6.96. The molecule has 0 amide bonds. The first kappa shape index (κ1) is 17.1. The third kappa shape index (κ3) is 5.81. The minimum absolute atomic E-state index is 0.0317. The van der Waals surface area contributed by atoms with Crippen molar-refractivity contribution < 1.29 is 4.39 Å². The van der Waals surface area contributed by atoms with E-state index >= 15 is 0 Å². The van der Waals surface area contributed by atoms with Crippen molar-refractivity contribution in [1.82, 2.24) is 15.0 Å². The molecule has 0 aliphatic rings. The quantitative estimate of drug-likeness (QED) is 0.881. The van der Waals surface area contributed by atoms with Crippen LogP contribution in [-0.4, -0.2) is 26.0 Å². The second-order valence-electron chi connectivity index (χ2n) is 7.34. The van der Waals surface area contributed by atoms with Gasteiger partial charge in [-0.3, -0.25) is 4.98 Å². The van der Waals surface area contributed by atoms with Crippen molar-refractivity contribution >= 4 is 11.4 Å². The highest BCUT2D eigenvalue weighted by Gasteiger charge is 2.20. The summed E-state index contributed by atoms with van der Waals surface area (Å²) in [6, 6.07) is 1.42. The molecule has 0 unspecified atom stereocenters. The van der Waals surface area contributed by atoms with Gasteiger partial charge in [0.1, 0.15) is 11.6 Å². The Morgan fingerprint density at radius 1 is 0.913 bits per heavy atom. The summed E-state index contributed by atoms with van der Waals surface area (Å²) in [5.41, 5.74) is 1.17. The fourth-order valence-corrected chi connectivity index (χ4v) is 2.25. The molecule has 2 aromatic rings. The van der Waals surface area contributed by atoms with Crippen molar-refractivity contribution in [3.63, 3.8) is 0 Å². The average Bonchev–Trinajstić information content (AvgIpc) is 2.38. The van der Waals surface area contributed by atoms with Gasteiger partial charge in [-0.05, 0) is 34.6 Å². The van der Waals surface area contributed by atoms with Crippen LogP contribution in [0.15, 0.2) is 30.9 Å². The molecule has 0 bridgehead atoms. The van der Waals surface area contributed by atoms with Gasteiger partial charge in [-0.2, -0.15) is 0 Å². The number of hydrogen-bond donors (Lipinski definition) is 2. The molecule has 2 N–H and O–H groups in total. The average molecular weight is 317 g/mol. The maximum atomic E-state index is 13.2. The van der Waals surface area contributed by atoms with Gasteiger partial charge < -0.3 is 10.6 Å². The maximum Gasteiger partial charge on any atom is 0.143 e. The van der Waals surface area contributed by atoms with Crippen LogP contribution in [-0.2, 0) is 6.42 Å². The van der Waals surface area contributed by atoms with Gasteiger partial charge in [-0.25, -0.2) is 14.4 Å². The highest BCUT2D eigenvalue weighted by molar-refractivity contribution is 5.43. The van der Waals surface area contributed by atoms with Crippen molar-refractivity contribution in [3.8, 4) is 0 Å². The van der Waals surface area contributed by atoms with E-state index in [9.17, 15) is 4.39 Å². The predicted molar refractivity (Wildman–Crippen MR) is 91.0 cm³/mol. The van der Waals surface area contributed by atoms with Crippen molar-refractivity contribution in [2.45, 2.75) is 52.1 Å². The molecule has 0 saturated carbocycles. The number of nitrogens with zero attached hydrogens (tertiary/aromatic N) is 3. The van der Waals surface area contributed by atoms with E-state index in [-0.39, 0.29) is 16.9 Å². The molecule has 2 rings (SSSR count). The van der Waals surface area contributed by atoms with Gasteiger partial charge in [0.15, 0.2) is 0 Å². The minimum atomic E-state index is -0.361. The fourth-order valence-electron chi connectivity index (χ4n) is 2.25. The van der Waals surface area contributed by atoms with E-state index in [1.54, 1.807) is 18.6 Å². The van der Waals surface area contributed by atoms with Crippen LogP contribution < -0.4 is 10.6 Å². The van der Waals surface area contributed by atoms with E-state index < -0.39 is 0 Å². The number of rotatable bonds is 5. The Morgan fingerprint density at radius 2 is 1.57 bits per heavy atom. The number of halogens is 1. The molecule has 0 spiro atoms. The normalized spacial score (nSPS) is 12.1. The van der Waals surface area contributed by atoms with E-state index in [1.165, 1.54) is 12.3 Å². The van der Waals surface area contributed by atoms with Gasteiger partial charge in [0.05, 0.1) is 36.2 Å². The highest BCUT2D eigenvalue weighted by Crippen LogP contribution is 2.19. The number of anilines is 2. The van der Waals surface area contributed by atoms with E-state index in [0.717, 1.165) is 11.5 Å². The smallest absolute Gasteiger partial charge is 0.143 e. The number of aromatic nitrogens is 3. The Morgan fingerprint density at radius 3 is 2.13 bits per heavy atom. The number of pyridine rings is 1. The zero-order valence-electron chi connectivity index (χ0n) is 14.3. The zero-order valence-corrected chi connectivity index (χ0v) is 14.3. The number of nitrogens with one attached hydrogen (secondary N) is 2. The van der Waals surface area contributed by atoms with Crippen molar-refractivity contribution in [2.75, 3.05) is 10.6 Å². The third-order valence-corrected chi connectivity index (χ3v) is 3.01. The fraction of sp³-hybridized carbons (Fsp3) is 0.471. The van der Waals surface area contributed by atoms with E-state index in [4.69, 9.17) is 0 Å². The summed E-state index contributed by atoms with van der Waals surface area (Å²) in [5.74, 6) is 0.367. The lowest BCUT2D eigenvalue weighted by molar-refractivity contribution is 0.544. The topological polar surface area (TPSA) is 62.7 Å². The molecule has 6 heteroatoms. The standard InChI is InChI=1S/C17H24FN5/c1-16(2,3)22-14-10-20-15(21-11-14)7-17(4,5)23-13-6-12(18)8-19-9-13/h6,8-11,22-23H,7H2,1-5H3. The Kier molecular flexibility index (Phi) is 4.82. The first-order valence-corrected chi connectivity index (χ1v) is 7.61. The van der Waals surface area contributed by atoms with Crippen LogP contribution in [0.5, 0.6) is 0 Å². The van der Waals surface area contributed by atoms with Gasteiger partial charge in [-0.1, -0.05) is 0 Å². The first-order valence-electron chi connectivity index (χ1n) is 7.61. The van der Waals surface area contributed by atoms with Crippen LogP contribution in [0.3, 0.4) is 0 Å². The van der Waals surface area contributed by atoms with E-state index in [0.29, 0.717) is 12.1 Å². The van der Waals surface area contributed by atoms with Crippen LogP contribution in [0.1, 0.15) is 40.4 Å². The molecule has 0 saturated heterocycles. The van der Waals surface area contributed by atoms with Crippen LogP contribution in [0, 0.1) is 5.82 Å². The van der Waals surface area contributed by atoms with Crippen LogP contribution in [0.4, 0.5) is 15.8 Å². The predicted octanol–water partition coefficient (Wildman–Crippen LogP) is 3.65. The Balaban J connectivity index is 2.02. The molecule has 0 fully saturated rings. The second-order valence-corrected chi connectivity index (χ2v) is 7.34.